The highest BCUT2D eigenvalue weighted by molar-refractivity contribution is 7.89. The van der Waals surface area contributed by atoms with Gasteiger partial charge in [0.15, 0.2) is 0 Å². The SMILES string of the molecule is O=S(=O)(c1cccc(-c2ccc3nccnc3c2)c1)N1CCC1. The van der Waals surface area contributed by atoms with Crippen molar-refractivity contribution in [1.82, 2.24) is 14.3 Å². The van der Waals surface area contributed by atoms with Gasteiger partial charge in [0.25, 0.3) is 0 Å². The molecule has 116 valence electrons. The van der Waals surface area contributed by atoms with E-state index in [9.17, 15) is 8.42 Å². The van der Waals surface area contributed by atoms with Crippen LogP contribution in [0.15, 0.2) is 59.8 Å². The Bertz CT molecular complexity index is 982. The highest BCUT2D eigenvalue weighted by atomic mass is 32.2. The predicted octanol–water partition coefficient (Wildman–Crippen LogP) is 2.69. The van der Waals surface area contributed by atoms with Crippen molar-refractivity contribution in [3.63, 3.8) is 0 Å². The Hall–Kier alpha value is -2.31. The molecule has 2 aromatic carbocycles. The van der Waals surface area contributed by atoms with E-state index < -0.39 is 10.0 Å². The summed E-state index contributed by atoms with van der Waals surface area (Å²) >= 11 is 0. The number of nitrogens with zero attached hydrogens (tertiary/aromatic N) is 3. The molecule has 1 aliphatic rings. The first kappa shape index (κ1) is 14.3. The van der Waals surface area contributed by atoms with Gasteiger partial charge in [0.05, 0.1) is 15.9 Å². The first-order valence-electron chi connectivity index (χ1n) is 7.46. The van der Waals surface area contributed by atoms with Gasteiger partial charge >= 0.3 is 0 Å². The molecule has 0 saturated carbocycles. The van der Waals surface area contributed by atoms with Crippen LogP contribution in [0.3, 0.4) is 0 Å². The summed E-state index contributed by atoms with van der Waals surface area (Å²) in [5.74, 6) is 0. The molecule has 0 atom stereocenters. The zero-order chi connectivity index (χ0) is 15.9. The van der Waals surface area contributed by atoms with Crippen molar-refractivity contribution >= 4 is 21.1 Å². The van der Waals surface area contributed by atoms with Crippen molar-refractivity contribution in [2.45, 2.75) is 11.3 Å². The average Bonchev–Trinajstić information content (AvgIpc) is 2.52. The summed E-state index contributed by atoms with van der Waals surface area (Å²) < 4.78 is 26.5. The molecule has 0 spiro atoms. The smallest absolute Gasteiger partial charge is 0.243 e. The van der Waals surface area contributed by atoms with Crippen LogP contribution in [0, 0.1) is 0 Å². The third-order valence-electron chi connectivity index (χ3n) is 4.09. The van der Waals surface area contributed by atoms with E-state index in [0.29, 0.717) is 18.0 Å². The molecule has 1 saturated heterocycles. The fraction of sp³-hybridized carbons (Fsp3) is 0.176. The van der Waals surface area contributed by atoms with E-state index >= 15 is 0 Å². The van der Waals surface area contributed by atoms with Gasteiger partial charge in [-0.15, -0.1) is 0 Å². The van der Waals surface area contributed by atoms with Crippen molar-refractivity contribution in [1.29, 1.82) is 0 Å². The van der Waals surface area contributed by atoms with Crippen LogP contribution in [-0.2, 0) is 10.0 Å². The van der Waals surface area contributed by atoms with E-state index in [0.717, 1.165) is 28.6 Å². The maximum absolute atomic E-state index is 12.5. The number of hydrogen-bond donors (Lipinski definition) is 0. The molecule has 0 unspecified atom stereocenters. The predicted molar refractivity (Wildman–Crippen MR) is 88.3 cm³/mol. The summed E-state index contributed by atoms with van der Waals surface area (Å²) in [5.41, 5.74) is 3.40. The zero-order valence-corrected chi connectivity index (χ0v) is 13.2. The molecule has 4 rings (SSSR count). The second-order valence-corrected chi connectivity index (χ2v) is 7.48. The monoisotopic (exact) mass is 325 g/mol. The van der Waals surface area contributed by atoms with E-state index in [1.165, 1.54) is 4.31 Å². The minimum Gasteiger partial charge on any atom is -0.253 e. The Morgan fingerprint density at radius 1 is 0.870 bits per heavy atom. The van der Waals surface area contributed by atoms with Gasteiger partial charge in [-0.3, -0.25) is 9.97 Å². The topological polar surface area (TPSA) is 63.2 Å². The maximum Gasteiger partial charge on any atom is 0.243 e. The zero-order valence-electron chi connectivity index (χ0n) is 12.4. The van der Waals surface area contributed by atoms with Crippen molar-refractivity contribution in [2.75, 3.05) is 13.1 Å². The van der Waals surface area contributed by atoms with E-state index in [4.69, 9.17) is 0 Å². The Balaban J connectivity index is 1.78. The number of hydrogen-bond acceptors (Lipinski definition) is 4. The Kier molecular flexibility index (Phi) is 3.36. The lowest BCUT2D eigenvalue weighted by atomic mass is 10.1. The van der Waals surface area contributed by atoms with Crippen LogP contribution >= 0.6 is 0 Å². The molecule has 3 aromatic rings. The molecule has 2 heterocycles. The molecule has 0 amide bonds. The number of fused-ring (bicyclic) bond motifs is 1. The molecule has 5 nitrogen and oxygen atoms in total. The van der Waals surface area contributed by atoms with Gasteiger partial charge in [0.1, 0.15) is 0 Å². The normalized spacial score (nSPS) is 15.5. The van der Waals surface area contributed by atoms with Crippen LogP contribution in [-0.4, -0.2) is 35.8 Å². The molecule has 0 N–H and O–H groups in total. The lowest BCUT2D eigenvalue weighted by Gasteiger charge is -2.29. The van der Waals surface area contributed by atoms with E-state index in [1.54, 1.807) is 30.6 Å². The van der Waals surface area contributed by atoms with Gasteiger partial charge < -0.3 is 0 Å². The third-order valence-corrected chi connectivity index (χ3v) is 5.98. The molecule has 1 aromatic heterocycles. The summed E-state index contributed by atoms with van der Waals surface area (Å²) in [6, 6.07) is 12.8. The molecular formula is C17H15N3O2S. The van der Waals surface area contributed by atoms with Crippen LogP contribution in [0.1, 0.15) is 6.42 Å². The number of sulfonamides is 1. The quantitative estimate of drug-likeness (QED) is 0.743. The number of aromatic nitrogens is 2. The third kappa shape index (κ3) is 2.50. The van der Waals surface area contributed by atoms with Crippen molar-refractivity contribution in [2.24, 2.45) is 0 Å². The van der Waals surface area contributed by atoms with Gasteiger partial charge in [0.2, 0.25) is 10.0 Å². The molecule has 0 aliphatic carbocycles. The molecule has 23 heavy (non-hydrogen) atoms. The minimum absolute atomic E-state index is 0.342. The Labute approximate surface area is 134 Å². The summed E-state index contributed by atoms with van der Waals surface area (Å²) in [6.07, 6.45) is 4.24. The van der Waals surface area contributed by atoms with Gasteiger partial charge in [-0.1, -0.05) is 18.2 Å². The van der Waals surface area contributed by atoms with Crippen LogP contribution in [0.4, 0.5) is 0 Å². The van der Waals surface area contributed by atoms with Crippen LogP contribution in [0.5, 0.6) is 0 Å². The van der Waals surface area contributed by atoms with Crippen molar-refractivity contribution < 1.29 is 8.42 Å². The molecular weight excluding hydrogens is 310 g/mol. The lowest BCUT2D eigenvalue weighted by Crippen LogP contribution is -2.41. The number of benzene rings is 2. The fourth-order valence-corrected chi connectivity index (χ4v) is 4.22. The van der Waals surface area contributed by atoms with E-state index in [2.05, 4.69) is 9.97 Å². The largest absolute Gasteiger partial charge is 0.253 e. The standard InChI is InChI=1S/C17H15N3O2S/c21-23(22,20-9-2-10-20)15-4-1-3-13(11-15)14-5-6-16-17(12-14)19-8-7-18-16/h1,3-8,11-12H,2,9-10H2. The molecule has 1 fully saturated rings. The fourth-order valence-electron chi connectivity index (χ4n) is 2.66. The van der Waals surface area contributed by atoms with Crippen molar-refractivity contribution in [3.8, 4) is 11.1 Å². The summed E-state index contributed by atoms with van der Waals surface area (Å²) in [5, 5.41) is 0. The molecule has 6 heteroatoms. The van der Waals surface area contributed by atoms with Crippen LogP contribution < -0.4 is 0 Å². The van der Waals surface area contributed by atoms with Crippen LogP contribution in [0.2, 0.25) is 0 Å². The second kappa shape index (κ2) is 5.40. The summed E-state index contributed by atoms with van der Waals surface area (Å²) in [7, 11) is -3.37. The summed E-state index contributed by atoms with van der Waals surface area (Å²) in [4.78, 5) is 8.89. The Morgan fingerprint density at radius 3 is 2.35 bits per heavy atom. The van der Waals surface area contributed by atoms with Gasteiger partial charge in [-0.05, 0) is 41.8 Å². The van der Waals surface area contributed by atoms with Gasteiger partial charge in [0, 0.05) is 25.5 Å². The van der Waals surface area contributed by atoms with Crippen molar-refractivity contribution in [3.05, 3.63) is 54.9 Å². The Morgan fingerprint density at radius 2 is 1.61 bits per heavy atom. The van der Waals surface area contributed by atoms with Gasteiger partial charge in [-0.2, -0.15) is 4.31 Å². The molecule has 1 aliphatic heterocycles. The van der Waals surface area contributed by atoms with Gasteiger partial charge in [-0.25, -0.2) is 8.42 Å². The highest BCUT2D eigenvalue weighted by Crippen LogP contribution is 2.27. The first-order chi connectivity index (χ1) is 11.1. The van der Waals surface area contributed by atoms with E-state index in [1.807, 2.05) is 24.3 Å². The molecule has 0 bridgehead atoms. The van der Waals surface area contributed by atoms with Crippen LogP contribution in [0.25, 0.3) is 22.2 Å². The molecule has 0 radical (unpaired) electrons. The van der Waals surface area contributed by atoms with E-state index in [-0.39, 0.29) is 0 Å². The minimum atomic E-state index is -3.37. The lowest BCUT2D eigenvalue weighted by molar-refractivity contribution is 0.309. The second-order valence-electron chi connectivity index (χ2n) is 5.55. The maximum atomic E-state index is 12.5. The average molecular weight is 325 g/mol. The first-order valence-corrected chi connectivity index (χ1v) is 8.90. The summed E-state index contributed by atoms with van der Waals surface area (Å²) in [6.45, 7) is 1.22. The number of rotatable bonds is 3. The highest BCUT2D eigenvalue weighted by Gasteiger charge is 2.29.